The maximum Gasteiger partial charge on any atom is 0.243 e. The fourth-order valence-corrected chi connectivity index (χ4v) is 0.977. The van der Waals surface area contributed by atoms with Gasteiger partial charge >= 0.3 is 0 Å². The fraction of sp³-hybridized carbons (Fsp3) is 0.667. The SMILES string of the molecule is C=CC(=O)NC.CN1CCCC1. The molecule has 1 aliphatic rings. The Bertz CT molecular complexity index is 139. The predicted octanol–water partition coefficient (Wildman–Crippen LogP) is 0.630. The lowest BCUT2D eigenvalue weighted by molar-refractivity contribution is -0.116. The molecule has 70 valence electrons. The molecule has 1 amide bonds. The van der Waals surface area contributed by atoms with Crippen LogP contribution < -0.4 is 5.32 Å². The van der Waals surface area contributed by atoms with Crippen molar-refractivity contribution in [3.05, 3.63) is 12.7 Å². The average Bonchev–Trinajstić information content (AvgIpc) is 2.55. The van der Waals surface area contributed by atoms with Crippen molar-refractivity contribution < 1.29 is 4.79 Å². The fourth-order valence-electron chi connectivity index (χ4n) is 0.977. The summed E-state index contributed by atoms with van der Waals surface area (Å²) in [6, 6.07) is 0. The molecule has 0 unspecified atom stereocenters. The van der Waals surface area contributed by atoms with Crippen molar-refractivity contribution in [2.75, 3.05) is 27.2 Å². The molecular weight excluding hydrogens is 152 g/mol. The lowest BCUT2D eigenvalue weighted by Gasteiger charge is -2.01. The van der Waals surface area contributed by atoms with E-state index in [1.165, 1.54) is 32.0 Å². The van der Waals surface area contributed by atoms with Crippen molar-refractivity contribution >= 4 is 5.91 Å². The van der Waals surface area contributed by atoms with Crippen molar-refractivity contribution in [2.45, 2.75) is 12.8 Å². The van der Waals surface area contributed by atoms with Crippen LogP contribution in [-0.4, -0.2) is 38.0 Å². The van der Waals surface area contributed by atoms with Crippen molar-refractivity contribution in [2.24, 2.45) is 0 Å². The highest BCUT2D eigenvalue weighted by atomic mass is 16.1. The summed E-state index contributed by atoms with van der Waals surface area (Å²) in [5.41, 5.74) is 0. The van der Waals surface area contributed by atoms with E-state index in [2.05, 4.69) is 23.8 Å². The van der Waals surface area contributed by atoms with Gasteiger partial charge in [-0.25, -0.2) is 0 Å². The zero-order valence-corrected chi connectivity index (χ0v) is 7.97. The van der Waals surface area contributed by atoms with Crippen molar-refractivity contribution in [1.29, 1.82) is 0 Å². The quantitative estimate of drug-likeness (QED) is 0.585. The Morgan fingerprint density at radius 3 is 2.08 bits per heavy atom. The van der Waals surface area contributed by atoms with Crippen LogP contribution in [0.5, 0.6) is 0 Å². The smallest absolute Gasteiger partial charge is 0.243 e. The van der Waals surface area contributed by atoms with Crippen LogP contribution in [0.2, 0.25) is 0 Å². The zero-order chi connectivity index (χ0) is 9.40. The summed E-state index contributed by atoms with van der Waals surface area (Å²) in [4.78, 5) is 12.3. The van der Waals surface area contributed by atoms with E-state index in [1.807, 2.05) is 0 Å². The number of amides is 1. The lowest BCUT2D eigenvalue weighted by Crippen LogP contribution is -2.13. The first-order valence-electron chi connectivity index (χ1n) is 4.23. The highest BCUT2D eigenvalue weighted by Gasteiger charge is 2.03. The lowest BCUT2D eigenvalue weighted by atomic mass is 10.4. The minimum absolute atomic E-state index is 0.144. The van der Waals surface area contributed by atoms with Crippen LogP contribution in [0, 0.1) is 0 Å². The highest BCUT2D eigenvalue weighted by Crippen LogP contribution is 2.01. The van der Waals surface area contributed by atoms with Gasteiger partial charge < -0.3 is 10.2 Å². The minimum Gasteiger partial charge on any atom is -0.356 e. The second kappa shape index (κ2) is 6.85. The number of carbonyl (C=O) groups excluding carboxylic acids is 1. The van der Waals surface area contributed by atoms with Gasteiger partial charge in [-0.3, -0.25) is 4.79 Å². The molecule has 0 aliphatic carbocycles. The maximum absolute atomic E-state index is 9.95. The molecule has 0 aromatic carbocycles. The van der Waals surface area contributed by atoms with Crippen LogP contribution in [0.15, 0.2) is 12.7 Å². The van der Waals surface area contributed by atoms with Gasteiger partial charge in [-0.05, 0) is 39.1 Å². The third-order valence-electron chi connectivity index (χ3n) is 1.76. The van der Waals surface area contributed by atoms with Crippen LogP contribution in [0.25, 0.3) is 0 Å². The highest BCUT2D eigenvalue weighted by molar-refractivity contribution is 5.86. The molecule has 1 saturated heterocycles. The summed E-state index contributed by atoms with van der Waals surface area (Å²) in [5, 5.41) is 2.36. The second-order valence-corrected chi connectivity index (χ2v) is 2.83. The van der Waals surface area contributed by atoms with Gasteiger partial charge in [-0.2, -0.15) is 0 Å². The molecule has 0 saturated carbocycles. The zero-order valence-electron chi connectivity index (χ0n) is 7.97. The molecule has 3 nitrogen and oxygen atoms in total. The Balaban J connectivity index is 0.000000202. The van der Waals surface area contributed by atoms with E-state index in [4.69, 9.17) is 0 Å². The molecule has 3 heteroatoms. The van der Waals surface area contributed by atoms with E-state index in [0.29, 0.717) is 0 Å². The van der Waals surface area contributed by atoms with Crippen LogP contribution in [0.4, 0.5) is 0 Å². The Kier molecular flexibility index (Phi) is 6.38. The van der Waals surface area contributed by atoms with Crippen LogP contribution in [-0.2, 0) is 4.79 Å². The summed E-state index contributed by atoms with van der Waals surface area (Å²) >= 11 is 0. The average molecular weight is 170 g/mol. The Morgan fingerprint density at radius 2 is 2.00 bits per heavy atom. The summed E-state index contributed by atoms with van der Waals surface area (Å²) in [5.74, 6) is -0.144. The van der Waals surface area contributed by atoms with Gasteiger partial charge in [-0.15, -0.1) is 0 Å². The molecule has 1 heterocycles. The molecule has 1 rings (SSSR count). The Hall–Kier alpha value is -0.830. The first-order chi connectivity index (χ1) is 5.70. The van der Waals surface area contributed by atoms with Crippen molar-refractivity contribution in [1.82, 2.24) is 10.2 Å². The number of rotatable bonds is 1. The van der Waals surface area contributed by atoms with Crippen molar-refractivity contribution in [3.8, 4) is 0 Å². The number of nitrogens with one attached hydrogen (secondary N) is 1. The number of likely N-dealkylation sites (N-methyl/N-ethyl adjacent to an activating group) is 1. The minimum atomic E-state index is -0.144. The second-order valence-electron chi connectivity index (χ2n) is 2.83. The molecule has 0 aromatic rings. The van der Waals surface area contributed by atoms with Crippen molar-refractivity contribution in [3.63, 3.8) is 0 Å². The maximum atomic E-state index is 9.95. The largest absolute Gasteiger partial charge is 0.356 e. The molecule has 1 fully saturated rings. The standard InChI is InChI=1S/C5H11N.C4H7NO/c1-6-4-2-3-5-6;1-3-4(6)5-2/h2-5H2,1H3;3H,1H2,2H3,(H,5,6). The topological polar surface area (TPSA) is 32.3 Å². The predicted molar refractivity (Wildman–Crippen MR) is 51.0 cm³/mol. The normalized spacial score (nSPS) is 16.2. The van der Waals surface area contributed by atoms with Gasteiger partial charge in [0.05, 0.1) is 0 Å². The molecule has 0 aromatic heterocycles. The van der Waals surface area contributed by atoms with E-state index in [0.717, 1.165) is 0 Å². The molecule has 0 atom stereocenters. The van der Waals surface area contributed by atoms with E-state index >= 15 is 0 Å². The molecule has 1 aliphatic heterocycles. The monoisotopic (exact) mass is 170 g/mol. The molecule has 0 bridgehead atoms. The number of likely N-dealkylation sites (tertiary alicyclic amines) is 1. The first kappa shape index (κ1) is 11.2. The molecule has 0 radical (unpaired) electrons. The van der Waals surface area contributed by atoms with E-state index in [-0.39, 0.29) is 5.91 Å². The number of nitrogens with zero attached hydrogens (tertiary/aromatic N) is 1. The summed E-state index contributed by atoms with van der Waals surface area (Å²) < 4.78 is 0. The molecular formula is C9H18N2O. The third kappa shape index (κ3) is 5.92. The van der Waals surface area contributed by atoms with Gasteiger partial charge in [-0.1, -0.05) is 6.58 Å². The summed E-state index contributed by atoms with van der Waals surface area (Å²) in [6.45, 7) is 5.86. The number of carbonyl (C=O) groups is 1. The molecule has 0 spiro atoms. The van der Waals surface area contributed by atoms with Gasteiger partial charge in [0.25, 0.3) is 0 Å². The van der Waals surface area contributed by atoms with E-state index in [9.17, 15) is 4.79 Å². The Morgan fingerprint density at radius 1 is 1.50 bits per heavy atom. The van der Waals surface area contributed by atoms with Gasteiger partial charge in [0.1, 0.15) is 0 Å². The summed E-state index contributed by atoms with van der Waals surface area (Å²) in [6.07, 6.45) is 4.05. The third-order valence-corrected chi connectivity index (χ3v) is 1.76. The van der Waals surface area contributed by atoms with Crippen LogP contribution in [0.3, 0.4) is 0 Å². The first-order valence-corrected chi connectivity index (χ1v) is 4.23. The van der Waals surface area contributed by atoms with Gasteiger partial charge in [0, 0.05) is 7.05 Å². The van der Waals surface area contributed by atoms with Crippen LogP contribution in [0.1, 0.15) is 12.8 Å². The Labute approximate surface area is 74.4 Å². The summed E-state index contributed by atoms with van der Waals surface area (Å²) in [7, 11) is 3.73. The van der Waals surface area contributed by atoms with Crippen LogP contribution >= 0.6 is 0 Å². The molecule has 1 N–H and O–H groups in total. The van der Waals surface area contributed by atoms with Gasteiger partial charge in [0.15, 0.2) is 0 Å². The van der Waals surface area contributed by atoms with Gasteiger partial charge in [0.2, 0.25) is 5.91 Å². The number of hydrogen-bond donors (Lipinski definition) is 1. The molecule has 12 heavy (non-hydrogen) atoms. The van der Waals surface area contributed by atoms with E-state index < -0.39 is 0 Å². The van der Waals surface area contributed by atoms with E-state index in [1.54, 1.807) is 7.05 Å². The number of hydrogen-bond acceptors (Lipinski definition) is 2.